The summed E-state index contributed by atoms with van der Waals surface area (Å²) in [6, 6.07) is 3.81. The molecule has 0 N–H and O–H groups in total. The van der Waals surface area contributed by atoms with Gasteiger partial charge in [-0.2, -0.15) is 0 Å². The first kappa shape index (κ1) is 17.7. The first-order valence-corrected chi connectivity index (χ1v) is 9.72. The molecular formula is C20H26N6O. The van der Waals surface area contributed by atoms with Crippen LogP contribution in [0, 0.1) is 5.92 Å². The number of piperidine rings is 1. The van der Waals surface area contributed by atoms with E-state index in [1.807, 2.05) is 23.2 Å². The normalized spacial score (nSPS) is 18.6. The van der Waals surface area contributed by atoms with E-state index in [0.29, 0.717) is 18.7 Å². The highest BCUT2D eigenvalue weighted by atomic mass is 16.2. The van der Waals surface area contributed by atoms with Crippen molar-refractivity contribution in [3.63, 3.8) is 0 Å². The molecule has 0 saturated carbocycles. The smallest absolute Gasteiger partial charge is 0.255 e. The summed E-state index contributed by atoms with van der Waals surface area (Å²) < 4.78 is 0. The lowest BCUT2D eigenvalue weighted by Gasteiger charge is -2.35. The van der Waals surface area contributed by atoms with Gasteiger partial charge in [0.1, 0.15) is 0 Å². The zero-order valence-corrected chi connectivity index (χ0v) is 15.8. The predicted molar refractivity (Wildman–Crippen MR) is 105 cm³/mol. The van der Waals surface area contributed by atoms with Gasteiger partial charge in [0.15, 0.2) is 0 Å². The lowest BCUT2D eigenvalue weighted by molar-refractivity contribution is 0.0746. The number of hydrogen-bond acceptors (Lipinski definition) is 6. The molecule has 2 aliphatic heterocycles. The molecule has 142 valence electrons. The third-order valence-corrected chi connectivity index (χ3v) is 5.52. The van der Waals surface area contributed by atoms with Gasteiger partial charge in [0.2, 0.25) is 5.95 Å². The van der Waals surface area contributed by atoms with Crippen LogP contribution in [0.4, 0.5) is 11.6 Å². The molecular weight excluding hydrogens is 340 g/mol. The first-order chi connectivity index (χ1) is 13.2. The van der Waals surface area contributed by atoms with Crippen molar-refractivity contribution in [2.24, 2.45) is 5.92 Å². The van der Waals surface area contributed by atoms with Gasteiger partial charge in [-0.3, -0.25) is 9.78 Å². The van der Waals surface area contributed by atoms with Gasteiger partial charge >= 0.3 is 0 Å². The Bertz CT molecular complexity index is 767. The van der Waals surface area contributed by atoms with Crippen LogP contribution in [0.25, 0.3) is 0 Å². The van der Waals surface area contributed by atoms with E-state index >= 15 is 0 Å². The van der Waals surface area contributed by atoms with Gasteiger partial charge in [-0.25, -0.2) is 9.97 Å². The van der Waals surface area contributed by atoms with Crippen molar-refractivity contribution in [2.75, 3.05) is 49.1 Å². The molecule has 4 rings (SSSR count). The van der Waals surface area contributed by atoms with Crippen LogP contribution in [0.15, 0.2) is 36.9 Å². The molecule has 0 aliphatic carbocycles. The van der Waals surface area contributed by atoms with E-state index in [4.69, 9.17) is 0 Å². The summed E-state index contributed by atoms with van der Waals surface area (Å²) in [6.45, 7) is 7.20. The number of carbonyl (C=O) groups is 1. The Morgan fingerprint density at radius 3 is 2.37 bits per heavy atom. The van der Waals surface area contributed by atoms with Gasteiger partial charge < -0.3 is 14.7 Å². The van der Waals surface area contributed by atoms with Crippen molar-refractivity contribution in [2.45, 2.75) is 19.8 Å². The van der Waals surface area contributed by atoms with Gasteiger partial charge in [-0.15, -0.1) is 0 Å². The van der Waals surface area contributed by atoms with Crippen molar-refractivity contribution >= 4 is 17.5 Å². The van der Waals surface area contributed by atoms with Crippen molar-refractivity contribution in [3.05, 3.63) is 42.5 Å². The van der Waals surface area contributed by atoms with Crippen LogP contribution in [0.5, 0.6) is 0 Å². The molecule has 0 radical (unpaired) electrons. The van der Waals surface area contributed by atoms with Crippen molar-refractivity contribution < 1.29 is 4.79 Å². The topological polar surface area (TPSA) is 65.5 Å². The Kier molecular flexibility index (Phi) is 5.18. The fourth-order valence-electron chi connectivity index (χ4n) is 3.73. The molecule has 4 heterocycles. The highest BCUT2D eigenvalue weighted by Crippen LogP contribution is 2.23. The highest BCUT2D eigenvalue weighted by Gasteiger charge is 2.24. The van der Waals surface area contributed by atoms with Crippen LogP contribution in [0.1, 0.15) is 30.1 Å². The maximum atomic E-state index is 12.9. The molecule has 7 heteroatoms. The molecule has 27 heavy (non-hydrogen) atoms. The monoisotopic (exact) mass is 366 g/mol. The number of hydrogen-bond donors (Lipinski definition) is 0. The second-order valence-corrected chi connectivity index (χ2v) is 7.43. The van der Waals surface area contributed by atoms with E-state index < -0.39 is 0 Å². The van der Waals surface area contributed by atoms with E-state index in [1.165, 1.54) is 12.8 Å². The Morgan fingerprint density at radius 2 is 1.67 bits per heavy atom. The van der Waals surface area contributed by atoms with Crippen LogP contribution in [0.3, 0.4) is 0 Å². The third kappa shape index (κ3) is 4.02. The molecule has 0 aromatic carbocycles. The van der Waals surface area contributed by atoms with Gasteiger partial charge in [0.05, 0.1) is 17.4 Å². The minimum Gasteiger partial charge on any atom is -0.370 e. The summed E-state index contributed by atoms with van der Waals surface area (Å²) in [4.78, 5) is 32.2. The number of pyridine rings is 1. The Labute approximate surface area is 160 Å². The zero-order valence-electron chi connectivity index (χ0n) is 15.8. The molecule has 2 saturated heterocycles. The molecule has 0 spiro atoms. The fraction of sp³-hybridized carbons (Fsp3) is 0.500. The number of anilines is 2. The van der Waals surface area contributed by atoms with E-state index in [1.54, 1.807) is 18.6 Å². The SMILES string of the molecule is CC1CCN(c2cncc(C(=O)N3CCN(c4ncccn4)CC3)c2)CC1. The number of aromatic nitrogens is 3. The summed E-state index contributed by atoms with van der Waals surface area (Å²) in [6.07, 6.45) is 9.45. The Balaban J connectivity index is 1.39. The second kappa shape index (κ2) is 7.90. The standard InChI is InChI=1S/C20H26N6O/c1-16-3-7-24(8-4-16)18-13-17(14-21-15-18)19(27)25-9-11-26(12-10-25)20-22-5-2-6-23-20/h2,5-6,13-16H,3-4,7-12H2,1H3. The molecule has 2 fully saturated rings. The van der Waals surface area contributed by atoms with Crippen LogP contribution >= 0.6 is 0 Å². The zero-order chi connectivity index (χ0) is 18.6. The number of carbonyl (C=O) groups excluding carboxylic acids is 1. The van der Waals surface area contributed by atoms with Crippen LogP contribution < -0.4 is 9.80 Å². The number of rotatable bonds is 3. The molecule has 2 aliphatic rings. The summed E-state index contributed by atoms with van der Waals surface area (Å²) >= 11 is 0. The van der Waals surface area contributed by atoms with Gasteiger partial charge in [-0.05, 0) is 30.9 Å². The lowest BCUT2D eigenvalue weighted by atomic mass is 9.99. The first-order valence-electron chi connectivity index (χ1n) is 9.72. The minimum atomic E-state index is 0.0587. The molecule has 0 atom stereocenters. The number of amides is 1. The molecule has 2 aromatic rings. The number of piperazine rings is 1. The lowest BCUT2D eigenvalue weighted by Crippen LogP contribution is -2.49. The largest absolute Gasteiger partial charge is 0.370 e. The van der Waals surface area contributed by atoms with Crippen molar-refractivity contribution in [3.8, 4) is 0 Å². The van der Waals surface area contributed by atoms with Crippen molar-refractivity contribution in [1.29, 1.82) is 0 Å². The van der Waals surface area contributed by atoms with E-state index in [0.717, 1.165) is 43.7 Å². The van der Waals surface area contributed by atoms with E-state index in [-0.39, 0.29) is 5.91 Å². The van der Waals surface area contributed by atoms with Crippen LogP contribution in [-0.2, 0) is 0 Å². The van der Waals surface area contributed by atoms with Crippen LogP contribution in [-0.4, -0.2) is 65.0 Å². The second-order valence-electron chi connectivity index (χ2n) is 7.43. The highest BCUT2D eigenvalue weighted by molar-refractivity contribution is 5.95. The maximum absolute atomic E-state index is 12.9. The molecule has 0 unspecified atom stereocenters. The van der Waals surface area contributed by atoms with Crippen molar-refractivity contribution in [1.82, 2.24) is 19.9 Å². The average Bonchev–Trinajstić information content (AvgIpc) is 2.75. The maximum Gasteiger partial charge on any atom is 0.255 e. The van der Waals surface area contributed by atoms with Crippen LogP contribution in [0.2, 0.25) is 0 Å². The quantitative estimate of drug-likeness (QED) is 0.829. The van der Waals surface area contributed by atoms with Gasteiger partial charge in [0.25, 0.3) is 5.91 Å². The summed E-state index contributed by atoms with van der Waals surface area (Å²) in [7, 11) is 0. The Morgan fingerprint density at radius 1 is 0.963 bits per heavy atom. The molecule has 7 nitrogen and oxygen atoms in total. The fourth-order valence-corrected chi connectivity index (χ4v) is 3.73. The Hall–Kier alpha value is -2.70. The summed E-state index contributed by atoms with van der Waals surface area (Å²) in [5.74, 6) is 1.57. The molecule has 1 amide bonds. The average molecular weight is 366 g/mol. The summed E-state index contributed by atoms with van der Waals surface area (Å²) in [5, 5.41) is 0. The van der Waals surface area contributed by atoms with E-state index in [9.17, 15) is 4.79 Å². The predicted octanol–water partition coefficient (Wildman–Crippen LogP) is 2.07. The minimum absolute atomic E-state index is 0.0587. The van der Waals surface area contributed by atoms with E-state index in [2.05, 4.69) is 31.7 Å². The van der Waals surface area contributed by atoms with Gasteiger partial charge in [-0.1, -0.05) is 6.92 Å². The third-order valence-electron chi connectivity index (χ3n) is 5.52. The van der Waals surface area contributed by atoms with Gasteiger partial charge in [0, 0.05) is 57.9 Å². The molecule has 2 aromatic heterocycles. The molecule has 0 bridgehead atoms. The number of nitrogens with zero attached hydrogens (tertiary/aromatic N) is 6. The summed E-state index contributed by atoms with van der Waals surface area (Å²) in [5.41, 5.74) is 1.74.